The average molecular weight is 491 g/mol. The number of carbonyl (C=O) groups is 1. The lowest BCUT2D eigenvalue weighted by Gasteiger charge is -2.32. The van der Waals surface area contributed by atoms with Gasteiger partial charge in [-0.15, -0.1) is 0 Å². The van der Waals surface area contributed by atoms with Crippen molar-refractivity contribution < 1.29 is 13.2 Å². The highest BCUT2D eigenvalue weighted by Gasteiger charge is 2.33. The van der Waals surface area contributed by atoms with Gasteiger partial charge in [-0.05, 0) is 49.3 Å². The van der Waals surface area contributed by atoms with Gasteiger partial charge in [0.25, 0.3) is 0 Å². The van der Waals surface area contributed by atoms with Gasteiger partial charge in [0.1, 0.15) is 0 Å². The normalized spacial score (nSPS) is 17.6. The number of aryl methyl sites for hydroxylation is 2. The summed E-state index contributed by atoms with van der Waals surface area (Å²) >= 11 is 0. The molecule has 1 saturated heterocycles. The van der Waals surface area contributed by atoms with Crippen LogP contribution in [0.25, 0.3) is 0 Å². The Morgan fingerprint density at radius 3 is 2.26 bits per heavy atom. The molecule has 0 aromatic heterocycles. The third-order valence-electron chi connectivity index (χ3n) is 6.69. The Hall–Kier alpha value is -2.96. The summed E-state index contributed by atoms with van der Waals surface area (Å²) in [4.78, 5) is 13.4. The monoisotopic (exact) mass is 490 g/mol. The van der Waals surface area contributed by atoms with Gasteiger partial charge in [-0.3, -0.25) is 4.79 Å². The molecule has 0 radical (unpaired) electrons. The molecule has 3 aromatic rings. The van der Waals surface area contributed by atoms with Gasteiger partial charge < -0.3 is 5.32 Å². The minimum absolute atomic E-state index is 0.0939. The van der Waals surface area contributed by atoms with Crippen molar-refractivity contribution in [1.82, 2.24) is 9.62 Å². The second kappa shape index (κ2) is 11.6. The smallest absolute Gasteiger partial charge is 0.225 e. The van der Waals surface area contributed by atoms with Crippen LogP contribution in [0.4, 0.5) is 0 Å². The van der Waals surface area contributed by atoms with E-state index < -0.39 is 10.0 Å². The van der Waals surface area contributed by atoms with Crippen molar-refractivity contribution in [2.24, 2.45) is 5.92 Å². The van der Waals surface area contributed by atoms with Gasteiger partial charge in [0.15, 0.2) is 0 Å². The van der Waals surface area contributed by atoms with Crippen LogP contribution in [0.2, 0.25) is 0 Å². The predicted molar refractivity (Wildman–Crippen MR) is 140 cm³/mol. The summed E-state index contributed by atoms with van der Waals surface area (Å²) in [6.45, 7) is 2.77. The van der Waals surface area contributed by atoms with Crippen molar-refractivity contribution in [3.8, 4) is 0 Å². The summed E-state index contributed by atoms with van der Waals surface area (Å²) in [7, 11) is -3.40. The molecule has 2 atom stereocenters. The molecule has 1 aliphatic rings. The molecule has 1 N–H and O–H groups in total. The van der Waals surface area contributed by atoms with E-state index in [1.54, 1.807) is 0 Å². The van der Waals surface area contributed by atoms with Crippen LogP contribution in [-0.2, 0) is 21.2 Å². The molecular weight excluding hydrogens is 456 g/mol. The SMILES string of the molecule is Cc1ccc([C@H](NC(=O)[C@@H]2CCCN(S(=O)(=O)CCCc3ccccc3)C2)c2ccccc2)cc1. The van der Waals surface area contributed by atoms with E-state index in [0.29, 0.717) is 25.8 Å². The van der Waals surface area contributed by atoms with E-state index in [1.165, 1.54) is 4.31 Å². The number of amides is 1. The third-order valence-corrected chi connectivity index (χ3v) is 8.61. The lowest BCUT2D eigenvalue weighted by molar-refractivity contribution is -0.126. The largest absolute Gasteiger partial charge is 0.345 e. The second-order valence-electron chi connectivity index (χ2n) is 9.37. The summed E-state index contributed by atoms with van der Waals surface area (Å²) in [5, 5.41) is 3.22. The van der Waals surface area contributed by atoms with Crippen LogP contribution in [0.3, 0.4) is 0 Å². The second-order valence-corrected chi connectivity index (χ2v) is 11.5. The van der Waals surface area contributed by atoms with E-state index in [2.05, 4.69) is 5.32 Å². The summed E-state index contributed by atoms with van der Waals surface area (Å²) in [5.74, 6) is -0.348. The molecule has 0 unspecified atom stereocenters. The first-order valence-electron chi connectivity index (χ1n) is 12.4. The Labute approximate surface area is 209 Å². The van der Waals surface area contributed by atoms with Crippen LogP contribution in [0.5, 0.6) is 0 Å². The molecule has 1 heterocycles. The van der Waals surface area contributed by atoms with Crippen LogP contribution >= 0.6 is 0 Å². The molecule has 0 aliphatic carbocycles. The van der Waals surface area contributed by atoms with Gasteiger partial charge in [-0.1, -0.05) is 90.5 Å². The molecule has 4 rings (SSSR count). The number of nitrogens with zero attached hydrogens (tertiary/aromatic N) is 1. The molecule has 5 nitrogen and oxygen atoms in total. The first-order chi connectivity index (χ1) is 16.9. The fourth-order valence-corrected chi connectivity index (χ4v) is 6.25. The first-order valence-corrected chi connectivity index (χ1v) is 14.0. The number of sulfonamides is 1. The van der Waals surface area contributed by atoms with Crippen molar-refractivity contribution in [1.29, 1.82) is 0 Å². The number of hydrogen-bond donors (Lipinski definition) is 1. The zero-order chi connectivity index (χ0) is 24.7. The molecule has 1 amide bonds. The maximum atomic E-state index is 13.4. The maximum Gasteiger partial charge on any atom is 0.225 e. The fraction of sp³-hybridized carbons (Fsp3) is 0.345. The highest BCUT2D eigenvalue weighted by Crippen LogP contribution is 2.26. The molecule has 1 aliphatic heterocycles. The standard InChI is InChI=1S/C29H34N2O3S/c1-23-16-18-26(19-17-23)28(25-13-6-3-7-14-25)30-29(32)27-15-8-20-31(22-27)35(33,34)21-9-12-24-10-4-2-5-11-24/h2-7,10-11,13-14,16-19,27-28H,8-9,12,15,20-22H2,1H3,(H,30,32)/t27-,28-/m1/s1. The highest BCUT2D eigenvalue weighted by atomic mass is 32.2. The number of piperidine rings is 1. The van der Waals surface area contributed by atoms with Gasteiger partial charge in [0, 0.05) is 13.1 Å². The molecule has 35 heavy (non-hydrogen) atoms. The lowest BCUT2D eigenvalue weighted by Crippen LogP contribution is -2.46. The van der Waals surface area contributed by atoms with Gasteiger partial charge in [-0.25, -0.2) is 12.7 Å². The topological polar surface area (TPSA) is 66.5 Å². The Kier molecular flexibility index (Phi) is 8.37. The summed E-state index contributed by atoms with van der Waals surface area (Å²) in [6, 6.07) is 27.7. The Balaban J connectivity index is 1.41. The van der Waals surface area contributed by atoms with Crippen molar-refractivity contribution in [3.63, 3.8) is 0 Å². The van der Waals surface area contributed by atoms with E-state index in [-0.39, 0.29) is 30.2 Å². The minimum Gasteiger partial charge on any atom is -0.345 e. The van der Waals surface area contributed by atoms with E-state index in [4.69, 9.17) is 0 Å². The van der Waals surface area contributed by atoms with Crippen LogP contribution in [-0.4, -0.2) is 37.5 Å². The summed E-state index contributed by atoms with van der Waals surface area (Å²) < 4.78 is 27.6. The van der Waals surface area contributed by atoms with E-state index >= 15 is 0 Å². The van der Waals surface area contributed by atoms with E-state index in [9.17, 15) is 13.2 Å². The summed E-state index contributed by atoms with van der Waals surface area (Å²) in [6.07, 6.45) is 2.68. The fourth-order valence-electron chi connectivity index (χ4n) is 4.67. The Morgan fingerprint density at radius 1 is 0.943 bits per heavy atom. The molecule has 0 spiro atoms. The molecule has 6 heteroatoms. The third kappa shape index (κ3) is 6.80. The van der Waals surface area contributed by atoms with Crippen LogP contribution in [0.1, 0.15) is 47.6 Å². The molecule has 0 saturated carbocycles. The molecule has 1 fully saturated rings. The first kappa shape index (κ1) is 25.1. The van der Waals surface area contributed by atoms with Crippen LogP contribution in [0, 0.1) is 12.8 Å². The van der Waals surface area contributed by atoms with Gasteiger partial charge in [0.05, 0.1) is 17.7 Å². The minimum atomic E-state index is -3.40. The van der Waals surface area contributed by atoms with Gasteiger partial charge in [-0.2, -0.15) is 0 Å². The zero-order valence-electron chi connectivity index (χ0n) is 20.3. The van der Waals surface area contributed by atoms with Crippen molar-refractivity contribution in [3.05, 3.63) is 107 Å². The van der Waals surface area contributed by atoms with Gasteiger partial charge in [0.2, 0.25) is 15.9 Å². The molecule has 0 bridgehead atoms. The van der Waals surface area contributed by atoms with E-state index in [1.807, 2.05) is 91.9 Å². The Bertz CT molecular complexity index is 1200. The van der Waals surface area contributed by atoms with Crippen LogP contribution in [0.15, 0.2) is 84.9 Å². The summed E-state index contributed by atoms with van der Waals surface area (Å²) in [5.41, 5.74) is 4.32. The Morgan fingerprint density at radius 2 is 1.57 bits per heavy atom. The number of nitrogens with one attached hydrogen (secondary N) is 1. The highest BCUT2D eigenvalue weighted by molar-refractivity contribution is 7.89. The van der Waals surface area contributed by atoms with Crippen LogP contribution < -0.4 is 5.32 Å². The number of rotatable bonds is 9. The quantitative estimate of drug-likeness (QED) is 0.465. The average Bonchev–Trinajstić information content (AvgIpc) is 2.89. The molecular formula is C29H34N2O3S. The lowest BCUT2D eigenvalue weighted by atomic mass is 9.94. The van der Waals surface area contributed by atoms with Crippen molar-refractivity contribution in [2.45, 2.75) is 38.6 Å². The number of carbonyl (C=O) groups excluding carboxylic acids is 1. The van der Waals surface area contributed by atoms with Gasteiger partial charge >= 0.3 is 0 Å². The zero-order valence-corrected chi connectivity index (χ0v) is 21.1. The molecule has 3 aromatic carbocycles. The predicted octanol–water partition coefficient (Wildman–Crippen LogP) is 4.88. The van der Waals surface area contributed by atoms with Crippen molar-refractivity contribution >= 4 is 15.9 Å². The van der Waals surface area contributed by atoms with E-state index in [0.717, 1.165) is 28.7 Å². The number of benzene rings is 3. The maximum absolute atomic E-state index is 13.4. The van der Waals surface area contributed by atoms with Crippen molar-refractivity contribution in [2.75, 3.05) is 18.8 Å². The number of hydrogen-bond acceptors (Lipinski definition) is 3. The molecule has 184 valence electrons.